The van der Waals surface area contributed by atoms with Crippen LogP contribution in [0.2, 0.25) is 0 Å². The van der Waals surface area contributed by atoms with E-state index in [1.54, 1.807) is 0 Å². The summed E-state index contributed by atoms with van der Waals surface area (Å²) in [6.45, 7) is 5.06. The molecule has 110 valence electrons. The first-order valence-electron chi connectivity index (χ1n) is 7.82. The molecule has 1 saturated carbocycles. The largest absolute Gasteiger partial charge is 0.367 e. The smallest absolute Gasteiger partial charge is 0.0445 e. The van der Waals surface area contributed by atoms with Gasteiger partial charge in [0.2, 0.25) is 0 Å². The minimum absolute atomic E-state index is 0.724. The zero-order chi connectivity index (χ0) is 14.5. The van der Waals surface area contributed by atoms with E-state index in [9.17, 15) is 0 Å². The van der Waals surface area contributed by atoms with Crippen LogP contribution in [0.4, 0.5) is 5.69 Å². The Balaban J connectivity index is 1.75. The van der Waals surface area contributed by atoms with Crippen molar-refractivity contribution in [2.45, 2.75) is 38.9 Å². The summed E-state index contributed by atoms with van der Waals surface area (Å²) in [5, 5.41) is 3.59. The number of anilines is 1. The zero-order valence-electron chi connectivity index (χ0n) is 12.6. The Morgan fingerprint density at radius 3 is 2.71 bits per heavy atom. The highest BCUT2D eigenvalue weighted by Gasteiger charge is 2.21. The predicted molar refractivity (Wildman–Crippen MR) is 87.3 cm³/mol. The fourth-order valence-electron chi connectivity index (χ4n) is 2.58. The van der Waals surface area contributed by atoms with Gasteiger partial charge in [-0.3, -0.25) is 4.98 Å². The molecule has 1 aliphatic rings. The maximum atomic E-state index is 4.30. The maximum Gasteiger partial charge on any atom is 0.0445 e. The molecule has 0 spiro atoms. The van der Waals surface area contributed by atoms with Gasteiger partial charge in [0.25, 0.3) is 0 Å². The van der Waals surface area contributed by atoms with Gasteiger partial charge in [-0.1, -0.05) is 30.3 Å². The van der Waals surface area contributed by atoms with Crippen LogP contribution in [0.5, 0.6) is 0 Å². The number of aromatic nitrogens is 1. The van der Waals surface area contributed by atoms with Crippen LogP contribution < -0.4 is 10.2 Å². The molecule has 0 aliphatic heterocycles. The Bertz CT molecular complexity index is 564. The molecular formula is C18H23N3. The second kappa shape index (κ2) is 6.72. The monoisotopic (exact) mass is 281 g/mol. The molecule has 0 atom stereocenters. The van der Waals surface area contributed by atoms with Crippen molar-refractivity contribution in [1.82, 2.24) is 10.3 Å². The number of nitrogens with zero attached hydrogens (tertiary/aromatic N) is 2. The topological polar surface area (TPSA) is 28.2 Å². The van der Waals surface area contributed by atoms with Crippen LogP contribution in [-0.4, -0.2) is 17.6 Å². The van der Waals surface area contributed by atoms with Crippen molar-refractivity contribution in [2.24, 2.45) is 0 Å². The number of hydrogen-bond donors (Lipinski definition) is 1. The van der Waals surface area contributed by atoms with Gasteiger partial charge in [0.15, 0.2) is 0 Å². The van der Waals surface area contributed by atoms with E-state index in [0.717, 1.165) is 25.7 Å². The SMILES string of the molecule is CCN(Cc1ccccc1)c1ccncc1CNC1CC1. The molecule has 21 heavy (non-hydrogen) atoms. The average molecular weight is 281 g/mol. The maximum absolute atomic E-state index is 4.30. The number of hydrogen-bond acceptors (Lipinski definition) is 3. The number of rotatable bonds is 7. The predicted octanol–water partition coefficient (Wildman–Crippen LogP) is 3.36. The van der Waals surface area contributed by atoms with Gasteiger partial charge in [0, 0.05) is 49.3 Å². The van der Waals surface area contributed by atoms with Crippen LogP contribution >= 0.6 is 0 Å². The number of pyridine rings is 1. The molecule has 1 aromatic heterocycles. The first kappa shape index (κ1) is 14.1. The third-order valence-corrected chi connectivity index (χ3v) is 3.98. The minimum atomic E-state index is 0.724. The van der Waals surface area contributed by atoms with Crippen LogP contribution in [0, 0.1) is 0 Å². The van der Waals surface area contributed by atoms with Gasteiger partial charge in [0.1, 0.15) is 0 Å². The number of benzene rings is 1. The highest BCUT2D eigenvalue weighted by molar-refractivity contribution is 5.52. The van der Waals surface area contributed by atoms with Crippen molar-refractivity contribution < 1.29 is 0 Å². The van der Waals surface area contributed by atoms with E-state index in [1.165, 1.54) is 29.7 Å². The standard InChI is InChI=1S/C18H23N3/c1-2-21(14-15-6-4-3-5-7-15)18-10-11-19-12-16(18)13-20-17-8-9-17/h3-7,10-12,17,20H,2,8-9,13-14H2,1H3. The molecule has 2 aromatic rings. The van der Waals surface area contributed by atoms with Crippen molar-refractivity contribution in [3.8, 4) is 0 Å². The Morgan fingerprint density at radius 1 is 1.19 bits per heavy atom. The van der Waals surface area contributed by atoms with Crippen molar-refractivity contribution >= 4 is 5.69 Å². The fourth-order valence-corrected chi connectivity index (χ4v) is 2.58. The fraction of sp³-hybridized carbons (Fsp3) is 0.389. The van der Waals surface area contributed by atoms with E-state index < -0.39 is 0 Å². The van der Waals surface area contributed by atoms with E-state index in [0.29, 0.717) is 0 Å². The molecule has 1 aliphatic carbocycles. The minimum Gasteiger partial charge on any atom is -0.367 e. The summed E-state index contributed by atoms with van der Waals surface area (Å²) in [6.07, 6.45) is 6.52. The second-order valence-electron chi connectivity index (χ2n) is 5.66. The highest BCUT2D eigenvalue weighted by Crippen LogP contribution is 2.24. The van der Waals surface area contributed by atoms with Crippen molar-refractivity contribution in [3.05, 3.63) is 59.9 Å². The van der Waals surface area contributed by atoms with Crippen LogP contribution in [0.1, 0.15) is 30.9 Å². The third-order valence-electron chi connectivity index (χ3n) is 3.98. The number of nitrogens with one attached hydrogen (secondary N) is 1. The molecule has 1 aromatic carbocycles. The van der Waals surface area contributed by atoms with Gasteiger partial charge >= 0.3 is 0 Å². The lowest BCUT2D eigenvalue weighted by molar-refractivity contribution is 0.681. The van der Waals surface area contributed by atoms with E-state index >= 15 is 0 Å². The summed E-state index contributed by atoms with van der Waals surface area (Å²) in [7, 11) is 0. The zero-order valence-corrected chi connectivity index (χ0v) is 12.6. The Labute approximate surface area is 127 Å². The Kier molecular flexibility index (Phi) is 4.51. The van der Waals surface area contributed by atoms with Gasteiger partial charge < -0.3 is 10.2 Å². The van der Waals surface area contributed by atoms with Gasteiger partial charge in [-0.2, -0.15) is 0 Å². The van der Waals surface area contributed by atoms with Crippen LogP contribution in [0.15, 0.2) is 48.8 Å². The summed E-state index contributed by atoms with van der Waals surface area (Å²) in [4.78, 5) is 6.72. The summed E-state index contributed by atoms with van der Waals surface area (Å²) in [5.74, 6) is 0. The lowest BCUT2D eigenvalue weighted by Crippen LogP contribution is -2.25. The van der Waals surface area contributed by atoms with Crippen LogP contribution in [0.25, 0.3) is 0 Å². The van der Waals surface area contributed by atoms with Crippen LogP contribution in [-0.2, 0) is 13.1 Å². The molecule has 0 bridgehead atoms. The molecule has 3 rings (SSSR count). The molecule has 1 heterocycles. The molecule has 3 heteroatoms. The third kappa shape index (κ3) is 3.82. The molecule has 0 unspecified atom stereocenters. The van der Waals surface area contributed by atoms with E-state index in [-0.39, 0.29) is 0 Å². The molecule has 0 amide bonds. The lowest BCUT2D eigenvalue weighted by atomic mass is 10.1. The lowest BCUT2D eigenvalue weighted by Gasteiger charge is -2.26. The Morgan fingerprint density at radius 2 is 2.00 bits per heavy atom. The Hall–Kier alpha value is -1.87. The molecule has 1 N–H and O–H groups in total. The van der Waals surface area contributed by atoms with Crippen molar-refractivity contribution in [2.75, 3.05) is 11.4 Å². The van der Waals surface area contributed by atoms with Gasteiger partial charge in [-0.15, -0.1) is 0 Å². The summed E-state index contributed by atoms with van der Waals surface area (Å²) < 4.78 is 0. The quantitative estimate of drug-likeness (QED) is 0.843. The second-order valence-corrected chi connectivity index (χ2v) is 5.66. The van der Waals surface area contributed by atoms with E-state index in [4.69, 9.17) is 0 Å². The van der Waals surface area contributed by atoms with Gasteiger partial charge in [-0.05, 0) is 31.4 Å². The van der Waals surface area contributed by atoms with Crippen LogP contribution in [0.3, 0.4) is 0 Å². The molecular weight excluding hydrogens is 258 g/mol. The van der Waals surface area contributed by atoms with Crippen molar-refractivity contribution in [3.63, 3.8) is 0 Å². The molecule has 3 nitrogen and oxygen atoms in total. The molecule has 0 saturated heterocycles. The normalized spacial score (nSPS) is 14.1. The van der Waals surface area contributed by atoms with E-state index in [1.807, 2.05) is 12.4 Å². The van der Waals surface area contributed by atoms with Gasteiger partial charge in [-0.25, -0.2) is 0 Å². The summed E-state index contributed by atoms with van der Waals surface area (Å²) >= 11 is 0. The average Bonchev–Trinajstić information content (AvgIpc) is 3.36. The first-order valence-corrected chi connectivity index (χ1v) is 7.82. The summed E-state index contributed by atoms with van der Waals surface area (Å²) in [5.41, 5.74) is 3.93. The van der Waals surface area contributed by atoms with Gasteiger partial charge in [0.05, 0.1) is 0 Å². The highest BCUT2D eigenvalue weighted by atomic mass is 15.1. The van der Waals surface area contributed by atoms with E-state index in [2.05, 4.69) is 58.5 Å². The molecule has 1 fully saturated rings. The molecule has 0 radical (unpaired) electrons. The summed E-state index contributed by atoms with van der Waals surface area (Å²) in [6, 6.07) is 13.5. The first-order chi connectivity index (χ1) is 10.4. The van der Waals surface area contributed by atoms with Crippen molar-refractivity contribution in [1.29, 1.82) is 0 Å².